The van der Waals surface area contributed by atoms with E-state index in [4.69, 9.17) is 21.1 Å². The Morgan fingerprint density at radius 3 is 2.41 bits per heavy atom. The molecule has 3 aromatic rings. The van der Waals surface area contributed by atoms with Crippen molar-refractivity contribution in [2.45, 2.75) is 45.7 Å². The van der Waals surface area contributed by atoms with Crippen molar-refractivity contribution >= 4 is 29.3 Å². The molecule has 9 nitrogen and oxygen atoms in total. The maximum absolute atomic E-state index is 13.7. The molecule has 220 valence electrons. The normalized spacial score (nSPS) is 11.6. The first-order valence-electron chi connectivity index (χ1n) is 12.2. The second-order valence-electron chi connectivity index (χ2n) is 9.73. The number of benzene rings is 2. The number of rotatable bonds is 9. The number of ether oxygens (including phenoxy) is 2. The van der Waals surface area contributed by atoms with Crippen molar-refractivity contribution in [2.24, 2.45) is 0 Å². The molecule has 0 bridgehead atoms. The van der Waals surface area contributed by atoms with E-state index in [1.165, 1.54) is 35.5 Å². The molecule has 0 radical (unpaired) electrons. The SMILES string of the molecule is CC(C)(C)OC(=O)N(CCO)Cc1cc(NC(=O)c2cnc(Cl)cn2)ccc1OCc1ccc(F)c(C(F)(F)F)c1. The summed E-state index contributed by atoms with van der Waals surface area (Å²) >= 11 is 5.71. The van der Waals surface area contributed by atoms with E-state index in [2.05, 4.69) is 15.3 Å². The van der Waals surface area contributed by atoms with Crippen LogP contribution >= 0.6 is 11.6 Å². The third-order valence-corrected chi connectivity index (χ3v) is 5.48. The van der Waals surface area contributed by atoms with Crippen molar-refractivity contribution in [1.82, 2.24) is 14.9 Å². The number of anilines is 1. The van der Waals surface area contributed by atoms with Crippen molar-refractivity contribution < 1.29 is 41.7 Å². The average Bonchev–Trinajstić information content (AvgIpc) is 2.87. The lowest BCUT2D eigenvalue weighted by Crippen LogP contribution is -2.38. The van der Waals surface area contributed by atoms with E-state index in [-0.39, 0.29) is 47.5 Å². The van der Waals surface area contributed by atoms with Gasteiger partial charge in [-0.3, -0.25) is 4.79 Å². The van der Waals surface area contributed by atoms with Gasteiger partial charge in [-0.25, -0.2) is 19.2 Å². The molecule has 2 aromatic carbocycles. The fourth-order valence-corrected chi connectivity index (χ4v) is 3.57. The molecule has 1 aromatic heterocycles. The van der Waals surface area contributed by atoms with Crippen LogP contribution in [0.2, 0.25) is 5.15 Å². The average molecular weight is 599 g/mol. The van der Waals surface area contributed by atoms with E-state index in [0.29, 0.717) is 17.7 Å². The van der Waals surface area contributed by atoms with Gasteiger partial charge in [0.1, 0.15) is 34.6 Å². The van der Waals surface area contributed by atoms with E-state index in [1.54, 1.807) is 20.8 Å². The van der Waals surface area contributed by atoms with Gasteiger partial charge in [0.05, 0.1) is 31.1 Å². The highest BCUT2D eigenvalue weighted by molar-refractivity contribution is 6.29. The largest absolute Gasteiger partial charge is 0.489 e. The zero-order chi connectivity index (χ0) is 30.4. The van der Waals surface area contributed by atoms with Crippen LogP contribution in [0.4, 0.5) is 28.0 Å². The zero-order valence-corrected chi connectivity index (χ0v) is 23.0. The number of hydrogen-bond acceptors (Lipinski definition) is 7. The first-order chi connectivity index (χ1) is 19.2. The standard InChI is InChI=1S/C27H27ClF4N4O5/c1-26(2,3)41-25(39)36(8-9-37)14-17-11-18(35-24(38)21-12-34-23(28)13-33-21)5-7-22(17)40-15-16-4-6-20(29)19(10-16)27(30,31)32/h4-7,10-13,37H,8-9,14-15H2,1-3H3,(H,35,38). The minimum absolute atomic E-state index is 0.0243. The molecular formula is C27H27ClF4N4O5. The Balaban J connectivity index is 1.91. The van der Waals surface area contributed by atoms with Crippen LogP contribution in [-0.2, 0) is 24.1 Å². The summed E-state index contributed by atoms with van der Waals surface area (Å²) in [4.78, 5) is 34.3. The van der Waals surface area contributed by atoms with E-state index in [0.717, 1.165) is 6.07 Å². The number of hydrogen-bond donors (Lipinski definition) is 2. The topological polar surface area (TPSA) is 114 Å². The number of carbonyl (C=O) groups is 2. The Morgan fingerprint density at radius 2 is 1.80 bits per heavy atom. The lowest BCUT2D eigenvalue weighted by atomic mass is 10.1. The van der Waals surface area contributed by atoms with Gasteiger partial charge in [0.2, 0.25) is 0 Å². The zero-order valence-electron chi connectivity index (χ0n) is 22.3. The van der Waals surface area contributed by atoms with E-state index in [1.807, 2.05) is 0 Å². The highest BCUT2D eigenvalue weighted by atomic mass is 35.5. The van der Waals surface area contributed by atoms with Gasteiger partial charge >= 0.3 is 12.3 Å². The van der Waals surface area contributed by atoms with E-state index < -0.39 is 41.8 Å². The monoisotopic (exact) mass is 598 g/mol. The molecule has 0 unspecified atom stereocenters. The summed E-state index contributed by atoms with van der Waals surface area (Å²) in [5, 5.41) is 12.3. The molecule has 0 aliphatic heterocycles. The molecule has 41 heavy (non-hydrogen) atoms. The van der Waals surface area contributed by atoms with Crippen LogP contribution in [0.5, 0.6) is 5.75 Å². The highest BCUT2D eigenvalue weighted by Gasteiger charge is 2.34. The number of nitrogens with one attached hydrogen (secondary N) is 1. The number of halogens is 5. The van der Waals surface area contributed by atoms with Gasteiger partial charge in [0.25, 0.3) is 5.91 Å². The van der Waals surface area contributed by atoms with Crippen LogP contribution in [0.1, 0.15) is 48.0 Å². The van der Waals surface area contributed by atoms with Crippen molar-refractivity contribution in [3.63, 3.8) is 0 Å². The number of carbonyl (C=O) groups excluding carboxylic acids is 2. The molecule has 0 aliphatic rings. The number of aromatic nitrogens is 2. The van der Waals surface area contributed by atoms with Gasteiger partial charge in [0, 0.05) is 17.8 Å². The number of aliphatic hydroxyl groups is 1. The summed E-state index contributed by atoms with van der Waals surface area (Å²) in [5.41, 5.74) is -1.66. The summed E-state index contributed by atoms with van der Waals surface area (Å²) in [6, 6.07) is 6.90. The van der Waals surface area contributed by atoms with Crippen LogP contribution in [0.3, 0.4) is 0 Å². The summed E-state index contributed by atoms with van der Waals surface area (Å²) < 4.78 is 64.4. The van der Waals surface area contributed by atoms with Gasteiger partial charge < -0.3 is 24.8 Å². The van der Waals surface area contributed by atoms with Crippen molar-refractivity contribution in [3.8, 4) is 5.75 Å². The van der Waals surface area contributed by atoms with Crippen LogP contribution in [0, 0.1) is 5.82 Å². The summed E-state index contributed by atoms with van der Waals surface area (Å²) in [7, 11) is 0. The van der Waals surface area contributed by atoms with Gasteiger partial charge in [-0.15, -0.1) is 0 Å². The van der Waals surface area contributed by atoms with Crippen molar-refractivity contribution in [2.75, 3.05) is 18.5 Å². The molecule has 1 heterocycles. The fourth-order valence-electron chi connectivity index (χ4n) is 3.47. The molecule has 0 atom stereocenters. The number of nitrogens with zero attached hydrogens (tertiary/aromatic N) is 3. The van der Waals surface area contributed by atoms with Gasteiger partial charge in [-0.1, -0.05) is 17.7 Å². The molecule has 0 fully saturated rings. The molecule has 0 saturated carbocycles. The Hall–Kier alpha value is -3.97. The highest BCUT2D eigenvalue weighted by Crippen LogP contribution is 2.32. The molecule has 14 heteroatoms. The van der Waals surface area contributed by atoms with Crippen LogP contribution < -0.4 is 10.1 Å². The maximum atomic E-state index is 13.7. The lowest BCUT2D eigenvalue weighted by molar-refractivity contribution is -0.140. The molecule has 2 N–H and O–H groups in total. The molecule has 0 aliphatic carbocycles. The molecule has 0 spiro atoms. The first-order valence-corrected chi connectivity index (χ1v) is 12.5. The third kappa shape index (κ3) is 9.29. The molecule has 3 rings (SSSR count). The lowest BCUT2D eigenvalue weighted by Gasteiger charge is -2.27. The maximum Gasteiger partial charge on any atom is 0.419 e. The quantitative estimate of drug-likeness (QED) is 0.297. The van der Waals surface area contributed by atoms with Crippen molar-refractivity contribution in [1.29, 1.82) is 0 Å². The predicted molar refractivity (Wildman–Crippen MR) is 141 cm³/mol. The predicted octanol–water partition coefficient (Wildman–Crippen LogP) is 5.85. The van der Waals surface area contributed by atoms with Crippen LogP contribution in [-0.4, -0.2) is 50.7 Å². The first kappa shape index (κ1) is 31.6. The summed E-state index contributed by atoms with van der Waals surface area (Å²) in [5.74, 6) is -1.87. The smallest absolute Gasteiger partial charge is 0.419 e. The Kier molecular flexibility index (Phi) is 10.1. The fraction of sp³-hybridized carbons (Fsp3) is 0.333. The second kappa shape index (κ2) is 13.1. The van der Waals surface area contributed by atoms with Crippen LogP contribution in [0.25, 0.3) is 0 Å². The summed E-state index contributed by atoms with van der Waals surface area (Å²) in [6.07, 6.45) is -3.25. The van der Waals surface area contributed by atoms with E-state index >= 15 is 0 Å². The molecule has 2 amide bonds. The Labute approximate surface area is 238 Å². The molecular weight excluding hydrogens is 572 g/mol. The second-order valence-corrected chi connectivity index (χ2v) is 10.1. The Morgan fingerprint density at radius 1 is 1.07 bits per heavy atom. The van der Waals surface area contributed by atoms with E-state index in [9.17, 15) is 32.3 Å². The third-order valence-electron chi connectivity index (χ3n) is 5.28. The minimum atomic E-state index is -4.89. The number of aliphatic hydroxyl groups excluding tert-OH is 1. The number of amides is 2. The van der Waals surface area contributed by atoms with Crippen LogP contribution in [0.15, 0.2) is 48.8 Å². The molecule has 0 saturated heterocycles. The minimum Gasteiger partial charge on any atom is -0.489 e. The van der Waals surface area contributed by atoms with Gasteiger partial charge in [0.15, 0.2) is 0 Å². The number of alkyl halides is 3. The summed E-state index contributed by atoms with van der Waals surface area (Å²) in [6.45, 7) is 3.98. The van der Waals surface area contributed by atoms with Crippen molar-refractivity contribution in [3.05, 3.63) is 82.1 Å². The van der Waals surface area contributed by atoms with Gasteiger partial charge in [-0.05, 0) is 56.7 Å². The Bertz CT molecular complexity index is 1380. The van der Waals surface area contributed by atoms with Gasteiger partial charge in [-0.2, -0.15) is 13.2 Å².